The van der Waals surface area contributed by atoms with Crippen molar-refractivity contribution in [1.29, 1.82) is 0 Å². The Morgan fingerprint density at radius 1 is 1.21 bits per heavy atom. The van der Waals surface area contributed by atoms with Crippen LogP contribution in [-0.4, -0.2) is 51.9 Å². The molecule has 1 N–H and O–H groups in total. The first kappa shape index (κ1) is 22.5. The summed E-state index contributed by atoms with van der Waals surface area (Å²) >= 11 is 0. The molecule has 34 heavy (non-hydrogen) atoms. The summed E-state index contributed by atoms with van der Waals surface area (Å²) in [5.41, 5.74) is 6.19. The normalized spacial score (nSPS) is 16.7. The first-order chi connectivity index (χ1) is 16.6. The Balaban J connectivity index is 1.22. The minimum absolute atomic E-state index is 0.167. The van der Waals surface area contributed by atoms with Gasteiger partial charge in [0.05, 0.1) is 19.4 Å². The van der Waals surface area contributed by atoms with Gasteiger partial charge in [-0.05, 0) is 66.6 Å². The van der Waals surface area contributed by atoms with Crippen molar-refractivity contribution >= 4 is 17.7 Å². The van der Waals surface area contributed by atoms with E-state index in [1.807, 2.05) is 35.2 Å². The summed E-state index contributed by atoms with van der Waals surface area (Å²) in [5.74, 6) is 0.602. The lowest BCUT2D eigenvalue weighted by molar-refractivity contribution is -0.111. The molecule has 0 unspecified atom stereocenters. The van der Waals surface area contributed by atoms with E-state index in [0.717, 1.165) is 67.7 Å². The second-order valence-electron chi connectivity index (χ2n) is 9.21. The SMILES string of the molecule is Cc1cc(NC(=O)/C=C/c2cnccc2-c2cnn(CC3CC3)c2)ccc1CN1CCOCC1. The quantitative estimate of drug-likeness (QED) is 0.515. The molecule has 7 heteroatoms. The van der Waals surface area contributed by atoms with E-state index < -0.39 is 0 Å². The van der Waals surface area contributed by atoms with Crippen molar-refractivity contribution in [2.45, 2.75) is 32.9 Å². The third-order valence-corrected chi connectivity index (χ3v) is 6.46. The second kappa shape index (κ2) is 10.3. The standard InChI is InChI=1S/C27H31N5O2/c1-20-14-25(6-4-23(20)18-31-10-12-34-13-11-31)30-27(33)7-5-22-15-28-9-8-26(22)24-16-29-32(19-24)17-21-2-3-21/h4-9,14-16,19,21H,2-3,10-13,17-18H2,1H3,(H,30,33)/b7-5+. The van der Waals surface area contributed by atoms with Crippen LogP contribution in [0.4, 0.5) is 5.69 Å². The number of benzene rings is 1. The summed E-state index contributed by atoms with van der Waals surface area (Å²) in [6.07, 6.45) is 13.5. The van der Waals surface area contributed by atoms with Crippen LogP contribution in [0.3, 0.4) is 0 Å². The van der Waals surface area contributed by atoms with Crippen LogP contribution in [0.1, 0.15) is 29.5 Å². The van der Waals surface area contributed by atoms with Crippen LogP contribution in [0.2, 0.25) is 0 Å². The zero-order valence-corrected chi connectivity index (χ0v) is 19.6. The highest BCUT2D eigenvalue weighted by Crippen LogP contribution is 2.31. The molecule has 1 aliphatic carbocycles. The number of pyridine rings is 1. The van der Waals surface area contributed by atoms with Crippen LogP contribution >= 0.6 is 0 Å². The molecule has 176 valence electrons. The largest absolute Gasteiger partial charge is 0.379 e. The Bertz CT molecular complexity index is 1180. The van der Waals surface area contributed by atoms with Crippen molar-refractivity contribution in [2.24, 2.45) is 5.92 Å². The van der Waals surface area contributed by atoms with Gasteiger partial charge in [0.15, 0.2) is 0 Å². The highest BCUT2D eigenvalue weighted by molar-refractivity contribution is 6.02. The van der Waals surface area contributed by atoms with E-state index >= 15 is 0 Å². The molecule has 1 amide bonds. The lowest BCUT2D eigenvalue weighted by atomic mass is 10.0. The zero-order valence-electron chi connectivity index (χ0n) is 19.6. The first-order valence-electron chi connectivity index (χ1n) is 12.0. The van der Waals surface area contributed by atoms with Gasteiger partial charge in [-0.25, -0.2) is 0 Å². The van der Waals surface area contributed by atoms with Crippen molar-refractivity contribution in [2.75, 3.05) is 31.6 Å². The molecular formula is C27H31N5O2. The van der Waals surface area contributed by atoms with E-state index in [1.54, 1.807) is 18.5 Å². The number of amides is 1. The van der Waals surface area contributed by atoms with E-state index in [0.29, 0.717) is 0 Å². The third kappa shape index (κ3) is 5.79. The molecule has 0 bridgehead atoms. The highest BCUT2D eigenvalue weighted by atomic mass is 16.5. The minimum atomic E-state index is -0.167. The molecule has 3 aromatic rings. The summed E-state index contributed by atoms with van der Waals surface area (Å²) in [5, 5.41) is 7.48. The molecule has 0 radical (unpaired) electrons. The number of nitrogens with zero attached hydrogens (tertiary/aromatic N) is 4. The number of aromatic nitrogens is 3. The molecule has 2 aliphatic rings. The minimum Gasteiger partial charge on any atom is -0.379 e. The number of nitrogens with one attached hydrogen (secondary N) is 1. The number of aryl methyl sites for hydroxylation is 1. The van der Waals surface area contributed by atoms with Gasteiger partial charge in [0.2, 0.25) is 5.91 Å². The average molecular weight is 458 g/mol. The molecule has 1 aromatic carbocycles. The third-order valence-electron chi connectivity index (χ3n) is 6.46. The number of morpholine rings is 1. The molecule has 5 rings (SSSR count). The molecule has 0 atom stereocenters. The molecule has 1 aliphatic heterocycles. The summed E-state index contributed by atoms with van der Waals surface area (Å²) in [6, 6.07) is 8.07. The van der Waals surface area contributed by atoms with Gasteiger partial charge in [-0.2, -0.15) is 5.10 Å². The monoisotopic (exact) mass is 457 g/mol. The van der Waals surface area contributed by atoms with Gasteiger partial charge in [-0.1, -0.05) is 6.07 Å². The summed E-state index contributed by atoms with van der Waals surface area (Å²) < 4.78 is 7.44. The van der Waals surface area contributed by atoms with Gasteiger partial charge in [-0.3, -0.25) is 19.4 Å². The number of hydrogen-bond donors (Lipinski definition) is 1. The topological polar surface area (TPSA) is 72.3 Å². The number of ether oxygens (including phenoxy) is 1. The molecule has 7 nitrogen and oxygen atoms in total. The van der Waals surface area contributed by atoms with E-state index in [9.17, 15) is 4.79 Å². The summed E-state index contributed by atoms with van der Waals surface area (Å²) in [4.78, 5) is 19.3. The zero-order chi connectivity index (χ0) is 23.3. The van der Waals surface area contributed by atoms with Crippen LogP contribution in [-0.2, 0) is 22.6 Å². The van der Waals surface area contributed by atoms with Crippen molar-refractivity contribution in [3.05, 3.63) is 71.8 Å². The predicted octanol–water partition coefficient (Wildman–Crippen LogP) is 4.15. The number of anilines is 1. The van der Waals surface area contributed by atoms with E-state index in [-0.39, 0.29) is 5.91 Å². The van der Waals surface area contributed by atoms with Crippen molar-refractivity contribution in [3.63, 3.8) is 0 Å². The molecular weight excluding hydrogens is 426 g/mol. The fourth-order valence-corrected chi connectivity index (χ4v) is 4.27. The summed E-state index contributed by atoms with van der Waals surface area (Å²) in [6.45, 7) is 7.48. The lowest BCUT2D eigenvalue weighted by Gasteiger charge is -2.27. The maximum atomic E-state index is 12.6. The van der Waals surface area contributed by atoms with E-state index in [4.69, 9.17) is 4.74 Å². The van der Waals surface area contributed by atoms with Crippen LogP contribution in [0, 0.1) is 12.8 Å². The van der Waals surface area contributed by atoms with Crippen LogP contribution in [0.5, 0.6) is 0 Å². The van der Waals surface area contributed by atoms with Crippen molar-refractivity contribution in [1.82, 2.24) is 19.7 Å². The maximum absolute atomic E-state index is 12.6. The number of rotatable bonds is 8. The van der Waals surface area contributed by atoms with E-state index in [2.05, 4.69) is 39.5 Å². The Hall–Kier alpha value is -3.29. The molecule has 1 saturated carbocycles. The van der Waals surface area contributed by atoms with Gasteiger partial charge in [0, 0.05) is 67.7 Å². The Labute approximate surface area is 200 Å². The second-order valence-corrected chi connectivity index (χ2v) is 9.21. The Kier molecular flexibility index (Phi) is 6.83. The van der Waals surface area contributed by atoms with E-state index in [1.165, 1.54) is 24.0 Å². The molecule has 2 fully saturated rings. The highest BCUT2D eigenvalue weighted by Gasteiger charge is 2.22. The molecule has 0 spiro atoms. The Morgan fingerprint density at radius 3 is 2.85 bits per heavy atom. The van der Waals surface area contributed by atoms with Gasteiger partial charge in [0.25, 0.3) is 0 Å². The van der Waals surface area contributed by atoms with Crippen molar-refractivity contribution in [3.8, 4) is 11.1 Å². The van der Waals surface area contributed by atoms with Crippen LogP contribution < -0.4 is 5.32 Å². The Morgan fingerprint density at radius 2 is 2.06 bits per heavy atom. The van der Waals surface area contributed by atoms with Gasteiger partial charge in [-0.15, -0.1) is 0 Å². The van der Waals surface area contributed by atoms with Crippen LogP contribution in [0.25, 0.3) is 17.2 Å². The fraction of sp³-hybridized carbons (Fsp3) is 0.370. The molecule has 3 heterocycles. The van der Waals surface area contributed by atoms with Crippen molar-refractivity contribution < 1.29 is 9.53 Å². The van der Waals surface area contributed by atoms with Crippen LogP contribution in [0.15, 0.2) is 55.1 Å². The summed E-state index contributed by atoms with van der Waals surface area (Å²) in [7, 11) is 0. The first-order valence-corrected chi connectivity index (χ1v) is 12.0. The van der Waals surface area contributed by atoms with Gasteiger partial charge in [0.1, 0.15) is 0 Å². The van der Waals surface area contributed by atoms with Gasteiger partial charge >= 0.3 is 0 Å². The maximum Gasteiger partial charge on any atom is 0.248 e. The fourth-order valence-electron chi connectivity index (χ4n) is 4.27. The predicted molar refractivity (Wildman–Crippen MR) is 133 cm³/mol. The van der Waals surface area contributed by atoms with Gasteiger partial charge < -0.3 is 10.1 Å². The smallest absolute Gasteiger partial charge is 0.248 e. The average Bonchev–Trinajstić information content (AvgIpc) is 3.55. The number of carbonyl (C=O) groups excluding carboxylic acids is 1. The lowest BCUT2D eigenvalue weighted by Crippen LogP contribution is -2.35. The molecule has 1 saturated heterocycles. The number of carbonyl (C=O) groups is 1. The number of hydrogen-bond acceptors (Lipinski definition) is 5. The molecule has 2 aromatic heterocycles.